The summed E-state index contributed by atoms with van der Waals surface area (Å²) in [6, 6.07) is 12.6. The van der Waals surface area contributed by atoms with E-state index in [4.69, 9.17) is 15.5 Å². The quantitative estimate of drug-likeness (QED) is 0.533. The average molecular weight is 429 g/mol. The molecule has 2 N–H and O–H groups in total. The average Bonchev–Trinajstić information content (AvgIpc) is 3.14. The molecule has 0 saturated carbocycles. The first kappa shape index (κ1) is 19.7. The van der Waals surface area contributed by atoms with Gasteiger partial charge in [-0.1, -0.05) is 18.2 Å². The van der Waals surface area contributed by atoms with Gasteiger partial charge in [0.05, 0.1) is 18.4 Å². The highest BCUT2D eigenvalue weighted by molar-refractivity contribution is 6.03. The van der Waals surface area contributed by atoms with Crippen LogP contribution in [0.3, 0.4) is 0 Å². The van der Waals surface area contributed by atoms with E-state index in [-0.39, 0.29) is 17.0 Å². The Balaban J connectivity index is 1.80. The van der Waals surface area contributed by atoms with E-state index in [1.54, 1.807) is 48.8 Å². The van der Waals surface area contributed by atoms with Crippen molar-refractivity contribution >= 4 is 5.84 Å². The molecule has 3 heterocycles. The predicted molar refractivity (Wildman–Crippen MR) is 115 cm³/mol. The fourth-order valence-electron chi connectivity index (χ4n) is 4.11. The number of aliphatic imine (C=N–C) groups is 1. The van der Waals surface area contributed by atoms with Crippen LogP contribution in [0.25, 0.3) is 11.3 Å². The Hall–Kier alpha value is -4.20. The molecule has 1 unspecified atom stereocenters. The second-order valence-corrected chi connectivity index (χ2v) is 7.27. The lowest BCUT2D eigenvalue weighted by Gasteiger charge is -2.29. The van der Waals surface area contributed by atoms with E-state index >= 15 is 0 Å². The first-order valence-corrected chi connectivity index (χ1v) is 9.75. The molecule has 2 aromatic heterocycles. The van der Waals surface area contributed by atoms with Crippen LogP contribution >= 0.6 is 0 Å². The molecule has 5 rings (SSSR count). The Morgan fingerprint density at radius 1 is 0.938 bits per heavy atom. The standard InChI is InChI=1S/C24H17F2N5O/c1-32-16-7-8-30-21(10-16)17-9-14(5-6-19(17)25)24(15-11-28-13-29-12-15)18-3-2-4-20(26)22(18)23(27)31-24/h2-13H,1H3,(H2,27,31). The Labute approximate surface area is 182 Å². The topological polar surface area (TPSA) is 86.3 Å². The molecule has 8 heteroatoms. The molecule has 0 aliphatic carbocycles. The van der Waals surface area contributed by atoms with Crippen LogP contribution in [0.15, 0.2) is 78.4 Å². The van der Waals surface area contributed by atoms with Crippen molar-refractivity contribution in [2.75, 3.05) is 7.11 Å². The zero-order chi connectivity index (χ0) is 22.3. The van der Waals surface area contributed by atoms with Crippen molar-refractivity contribution in [2.45, 2.75) is 5.54 Å². The minimum Gasteiger partial charge on any atom is -0.497 e. The number of amidine groups is 1. The molecule has 6 nitrogen and oxygen atoms in total. The van der Waals surface area contributed by atoms with Crippen molar-refractivity contribution in [3.8, 4) is 17.0 Å². The first-order chi connectivity index (χ1) is 15.5. The summed E-state index contributed by atoms with van der Waals surface area (Å²) >= 11 is 0. The van der Waals surface area contributed by atoms with Gasteiger partial charge in [0.1, 0.15) is 35.1 Å². The number of rotatable bonds is 4. The second-order valence-electron chi connectivity index (χ2n) is 7.27. The van der Waals surface area contributed by atoms with Crippen molar-refractivity contribution in [2.24, 2.45) is 10.7 Å². The van der Waals surface area contributed by atoms with Crippen LogP contribution < -0.4 is 10.5 Å². The van der Waals surface area contributed by atoms with Crippen LogP contribution in [0.2, 0.25) is 0 Å². The molecule has 32 heavy (non-hydrogen) atoms. The largest absolute Gasteiger partial charge is 0.497 e. The summed E-state index contributed by atoms with van der Waals surface area (Å²) in [5, 5.41) is 0. The van der Waals surface area contributed by atoms with Crippen molar-refractivity contribution in [3.05, 3.63) is 107 Å². The number of pyridine rings is 1. The number of ether oxygens (including phenoxy) is 1. The van der Waals surface area contributed by atoms with Crippen LogP contribution in [0.4, 0.5) is 8.78 Å². The highest BCUT2D eigenvalue weighted by Gasteiger charge is 2.44. The molecule has 2 aromatic carbocycles. The molecule has 0 spiro atoms. The Morgan fingerprint density at radius 3 is 2.53 bits per heavy atom. The van der Waals surface area contributed by atoms with E-state index < -0.39 is 17.2 Å². The molecule has 1 aliphatic heterocycles. The molecule has 0 saturated heterocycles. The number of aromatic nitrogens is 3. The number of halogens is 2. The molecule has 1 atom stereocenters. The fraction of sp³-hybridized carbons (Fsp3) is 0.0833. The fourth-order valence-corrected chi connectivity index (χ4v) is 4.11. The van der Waals surface area contributed by atoms with E-state index in [1.807, 2.05) is 0 Å². The van der Waals surface area contributed by atoms with Crippen LogP contribution in [0.1, 0.15) is 22.3 Å². The van der Waals surface area contributed by atoms with Gasteiger partial charge in [0.2, 0.25) is 0 Å². The SMILES string of the molecule is COc1ccnc(-c2cc(C3(c4cncnc4)N=C(N)c4c(F)cccc43)ccc2F)c1. The van der Waals surface area contributed by atoms with Crippen LogP contribution in [-0.2, 0) is 5.54 Å². The highest BCUT2D eigenvalue weighted by atomic mass is 19.1. The van der Waals surface area contributed by atoms with Crippen LogP contribution in [0.5, 0.6) is 5.75 Å². The molecule has 0 fully saturated rings. The van der Waals surface area contributed by atoms with E-state index in [0.717, 1.165) is 0 Å². The third kappa shape index (κ3) is 2.91. The molecule has 158 valence electrons. The normalized spacial score (nSPS) is 17.0. The third-order valence-corrected chi connectivity index (χ3v) is 5.55. The lowest BCUT2D eigenvalue weighted by molar-refractivity contribution is 0.414. The predicted octanol–water partition coefficient (Wildman–Crippen LogP) is 3.84. The number of methoxy groups -OCH3 is 1. The number of nitrogens with zero attached hydrogens (tertiary/aromatic N) is 4. The molecule has 0 radical (unpaired) electrons. The minimum absolute atomic E-state index is 0.0485. The first-order valence-electron chi connectivity index (χ1n) is 9.75. The maximum Gasteiger partial charge on any atom is 0.142 e. The van der Waals surface area contributed by atoms with Gasteiger partial charge < -0.3 is 10.5 Å². The number of hydrogen-bond acceptors (Lipinski definition) is 6. The van der Waals surface area contributed by atoms with Gasteiger partial charge in [0, 0.05) is 41.3 Å². The van der Waals surface area contributed by atoms with Crippen LogP contribution in [0, 0.1) is 11.6 Å². The van der Waals surface area contributed by atoms with Crippen molar-refractivity contribution in [1.82, 2.24) is 15.0 Å². The van der Waals surface area contributed by atoms with Crippen LogP contribution in [-0.4, -0.2) is 27.9 Å². The van der Waals surface area contributed by atoms with Gasteiger partial charge in [-0.15, -0.1) is 0 Å². The summed E-state index contributed by atoms with van der Waals surface area (Å²) in [5.41, 5.74) is 7.45. The number of fused-ring (bicyclic) bond motifs is 1. The van der Waals surface area contributed by atoms with Gasteiger partial charge >= 0.3 is 0 Å². The molecule has 0 amide bonds. The van der Waals surface area contributed by atoms with Gasteiger partial charge in [-0.2, -0.15) is 0 Å². The molecule has 4 aromatic rings. The van der Waals surface area contributed by atoms with E-state index in [9.17, 15) is 8.78 Å². The van der Waals surface area contributed by atoms with Crippen molar-refractivity contribution in [3.63, 3.8) is 0 Å². The summed E-state index contributed by atoms with van der Waals surface area (Å²) in [7, 11) is 1.53. The van der Waals surface area contributed by atoms with Crippen molar-refractivity contribution in [1.29, 1.82) is 0 Å². The molecular formula is C24H17F2N5O. The maximum atomic E-state index is 14.9. The molecule has 1 aliphatic rings. The Bertz CT molecular complexity index is 1360. The van der Waals surface area contributed by atoms with Gasteiger partial charge in [0.25, 0.3) is 0 Å². The maximum absolute atomic E-state index is 14.9. The van der Waals surface area contributed by atoms with E-state index in [2.05, 4.69) is 15.0 Å². The summed E-state index contributed by atoms with van der Waals surface area (Å²) in [6.45, 7) is 0. The Kier molecular flexibility index (Phi) is 4.62. The summed E-state index contributed by atoms with van der Waals surface area (Å²) in [4.78, 5) is 17.2. The monoisotopic (exact) mass is 429 g/mol. The lowest BCUT2D eigenvalue weighted by Crippen LogP contribution is -2.26. The summed E-state index contributed by atoms with van der Waals surface area (Å²) in [6.07, 6.45) is 6.12. The molecular weight excluding hydrogens is 412 g/mol. The van der Waals surface area contributed by atoms with Gasteiger partial charge in [-0.3, -0.25) is 4.98 Å². The highest BCUT2D eigenvalue weighted by Crippen LogP contribution is 2.47. The van der Waals surface area contributed by atoms with Gasteiger partial charge in [0.15, 0.2) is 0 Å². The zero-order valence-corrected chi connectivity index (χ0v) is 17.0. The zero-order valence-electron chi connectivity index (χ0n) is 17.0. The minimum atomic E-state index is -1.25. The smallest absolute Gasteiger partial charge is 0.142 e. The number of nitrogens with two attached hydrogens (primary N) is 1. The lowest BCUT2D eigenvalue weighted by atomic mass is 9.78. The number of hydrogen-bond donors (Lipinski definition) is 1. The van der Waals surface area contributed by atoms with E-state index in [1.165, 1.54) is 31.8 Å². The van der Waals surface area contributed by atoms with Crippen molar-refractivity contribution < 1.29 is 13.5 Å². The summed E-state index contributed by atoms with van der Waals surface area (Å²) < 4.78 is 34.9. The second kappa shape index (κ2) is 7.49. The van der Waals surface area contributed by atoms with Gasteiger partial charge in [-0.05, 0) is 29.8 Å². The Morgan fingerprint density at radius 2 is 1.75 bits per heavy atom. The number of benzene rings is 2. The molecule has 0 bridgehead atoms. The summed E-state index contributed by atoms with van der Waals surface area (Å²) in [5.74, 6) is -0.364. The van der Waals surface area contributed by atoms with Gasteiger partial charge in [-0.25, -0.2) is 23.7 Å². The third-order valence-electron chi connectivity index (χ3n) is 5.55. The van der Waals surface area contributed by atoms with E-state index in [0.29, 0.717) is 28.1 Å².